The van der Waals surface area contributed by atoms with Crippen LogP contribution in [-0.2, 0) is 5.41 Å². The highest BCUT2D eigenvalue weighted by Gasteiger charge is 2.36. The zero-order valence-electron chi connectivity index (χ0n) is 35.5. The van der Waals surface area contributed by atoms with Crippen molar-refractivity contribution in [3.8, 4) is 78.8 Å². The first-order valence-corrected chi connectivity index (χ1v) is 21.9. The molecule has 3 heteroatoms. The summed E-state index contributed by atoms with van der Waals surface area (Å²) in [5.74, 6) is 0. The average molecular weight is 816 g/mol. The van der Waals surface area contributed by atoms with E-state index in [1.807, 2.05) is 6.07 Å². The van der Waals surface area contributed by atoms with Gasteiger partial charge in [-0.25, -0.2) is 4.98 Å². The molecule has 0 saturated heterocycles. The van der Waals surface area contributed by atoms with Crippen molar-refractivity contribution < 1.29 is 0 Å². The molecule has 11 aromatic rings. The maximum absolute atomic E-state index is 10.7. The van der Waals surface area contributed by atoms with E-state index in [1.54, 1.807) is 0 Å². The first-order chi connectivity index (χ1) is 31.4. The largest absolute Gasteiger partial charge is 0.309 e. The normalized spacial score (nSPS) is 12.6. The van der Waals surface area contributed by atoms with Gasteiger partial charge in [0.15, 0.2) is 0 Å². The van der Waals surface area contributed by atoms with Gasteiger partial charge in [-0.05, 0) is 127 Å². The van der Waals surface area contributed by atoms with Crippen LogP contribution >= 0.6 is 0 Å². The van der Waals surface area contributed by atoms with E-state index in [-0.39, 0.29) is 5.41 Å². The van der Waals surface area contributed by atoms with Crippen LogP contribution in [0.3, 0.4) is 0 Å². The van der Waals surface area contributed by atoms with Crippen LogP contribution in [0.15, 0.2) is 212 Å². The van der Waals surface area contributed by atoms with Crippen molar-refractivity contribution in [1.29, 1.82) is 5.26 Å². The second-order valence-electron chi connectivity index (χ2n) is 17.5. The highest BCUT2D eigenvalue weighted by Crippen LogP contribution is 2.51. The molecule has 0 aliphatic heterocycles. The van der Waals surface area contributed by atoms with E-state index in [4.69, 9.17) is 4.98 Å². The number of nitriles is 1. The van der Waals surface area contributed by atoms with Crippen LogP contribution in [-0.4, -0.2) is 9.55 Å². The Labute approximate surface area is 372 Å². The summed E-state index contributed by atoms with van der Waals surface area (Å²) in [7, 11) is 0. The van der Waals surface area contributed by atoms with Crippen LogP contribution in [0.2, 0.25) is 0 Å². The van der Waals surface area contributed by atoms with Crippen LogP contribution in [0.4, 0.5) is 0 Å². The zero-order chi connectivity index (χ0) is 42.9. The van der Waals surface area contributed by atoms with Gasteiger partial charge in [-0.3, -0.25) is 0 Å². The third kappa shape index (κ3) is 6.07. The molecule has 0 unspecified atom stereocenters. The first kappa shape index (κ1) is 37.4. The first-order valence-electron chi connectivity index (χ1n) is 21.9. The molecule has 64 heavy (non-hydrogen) atoms. The second-order valence-corrected chi connectivity index (χ2v) is 17.5. The molecule has 0 fully saturated rings. The highest BCUT2D eigenvalue weighted by molar-refractivity contribution is 6.12. The molecular weight excluding hydrogens is 775 g/mol. The molecule has 0 bridgehead atoms. The third-order valence-electron chi connectivity index (χ3n) is 13.4. The Morgan fingerprint density at radius 1 is 0.406 bits per heavy atom. The van der Waals surface area contributed by atoms with Gasteiger partial charge in [-0.1, -0.05) is 166 Å². The quantitative estimate of drug-likeness (QED) is 0.168. The molecule has 2 heterocycles. The van der Waals surface area contributed by atoms with Gasteiger partial charge in [-0.2, -0.15) is 5.26 Å². The Bertz CT molecular complexity index is 3640. The van der Waals surface area contributed by atoms with E-state index in [0.29, 0.717) is 5.56 Å². The summed E-state index contributed by atoms with van der Waals surface area (Å²) in [6, 6.07) is 78.4. The van der Waals surface area contributed by atoms with Gasteiger partial charge in [0.2, 0.25) is 0 Å². The summed E-state index contributed by atoms with van der Waals surface area (Å²) < 4.78 is 2.44. The molecule has 0 N–H and O–H groups in total. The van der Waals surface area contributed by atoms with Crippen LogP contribution in [0.25, 0.3) is 105 Å². The average Bonchev–Trinajstić information content (AvgIpc) is 3.80. The number of aromatic nitrogens is 2. The van der Waals surface area contributed by atoms with Crippen LogP contribution in [0.5, 0.6) is 0 Å². The minimum absolute atomic E-state index is 0.162. The maximum atomic E-state index is 10.7. The van der Waals surface area contributed by atoms with E-state index in [9.17, 15) is 5.26 Å². The lowest BCUT2D eigenvalue weighted by molar-refractivity contribution is 0.661. The van der Waals surface area contributed by atoms with E-state index in [2.05, 4.69) is 231 Å². The van der Waals surface area contributed by atoms with E-state index >= 15 is 0 Å². The van der Waals surface area contributed by atoms with E-state index in [1.165, 1.54) is 38.4 Å². The molecule has 0 saturated carbocycles. The summed E-state index contributed by atoms with van der Waals surface area (Å²) in [6.45, 7) is 4.69. The van der Waals surface area contributed by atoms with Crippen molar-refractivity contribution in [3.05, 3.63) is 229 Å². The molecule has 3 nitrogen and oxygen atoms in total. The van der Waals surface area contributed by atoms with E-state index in [0.717, 1.165) is 78.0 Å². The number of rotatable bonds is 6. The molecule has 9 aromatic carbocycles. The smallest absolute Gasteiger partial charge is 0.0998 e. The number of nitrogens with zero attached hydrogens (tertiary/aromatic N) is 3. The molecule has 300 valence electrons. The molecule has 1 aliphatic carbocycles. The number of hydrogen-bond acceptors (Lipinski definition) is 2. The Morgan fingerprint density at radius 2 is 1.06 bits per heavy atom. The molecule has 0 spiro atoms. The van der Waals surface area contributed by atoms with Gasteiger partial charge in [0.1, 0.15) is 0 Å². The Kier molecular flexibility index (Phi) is 8.58. The number of pyridine rings is 1. The van der Waals surface area contributed by atoms with Gasteiger partial charge in [0, 0.05) is 33.0 Å². The van der Waals surface area contributed by atoms with Gasteiger partial charge in [-0.15, -0.1) is 0 Å². The molecule has 0 amide bonds. The van der Waals surface area contributed by atoms with Crippen molar-refractivity contribution in [2.75, 3.05) is 0 Å². The predicted molar refractivity (Wildman–Crippen MR) is 266 cm³/mol. The lowest BCUT2D eigenvalue weighted by Crippen LogP contribution is -2.15. The number of hydrogen-bond donors (Lipinski definition) is 0. The summed E-state index contributed by atoms with van der Waals surface area (Å²) in [5, 5.41) is 15.5. The molecule has 2 aromatic heterocycles. The summed E-state index contributed by atoms with van der Waals surface area (Å²) in [4.78, 5) is 5.42. The monoisotopic (exact) mass is 815 g/mol. The van der Waals surface area contributed by atoms with Crippen LogP contribution in [0, 0.1) is 11.3 Å². The van der Waals surface area contributed by atoms with Gasteiger partial charge in [0.05, 0.1) is 34.1 Å². The highest BCUT2D eigenvalue weighted by atomic mass is 15.0. The Morgan fingerprint density at radius 3 is 1.88 bits per heavy atom. The fourth-order valence-electron chi connectivity index (χ4n) is 10.2. The summed E-state index contributed by atoms with van der Waals surface area (Å²) in [5.41, 5.74) is 19.0. The van der Waals surface area contributed by atoms with Gasteiger partial charge >= 0.3 is 0 Å². The number of para-hydroxylation sites is 1. The SMILES string of the molecule is CC1(C)c2ccccc2-c2cc3c4ccccc4n(-c4cc(-c5ccc(-c6ccc7ccccc7c6)c(C#N)c5)cc(-c5cc(-c6ccccc6)cc(-c6ccccc6)n5)c4)c3cc21. The predicted octanol–water partition coefficient (Wildman–Crippen LogP) is 15.8. The van der Waals surface area contributed by atoms with Crippen molar-refractivity contribution >= 4 is 32.6 Å². The molecule has 0 atom stereocenters. The van der Waals surface area contributed by atoms with Crippen molar-refractivity contribution in [2.24, 2.45) is 0 Å². The van der Waals surface area contributed by atoms with E-state index < -0.39 is 0 Å². The molecule has 12 rings (SSSR count). The van der Waals surface area contributed by atoms with Crippen molar-refractivity contribution in [2.45, 2.75) is 19.3 Å². The van der Waals surface area contributed by atoms with Gasteiger partial charge in [0.25, 0.3) is 0 Å². The maximum Gasteiger partial charge on any atom is 0.0998 e. The molecular formula is C61H41N3. The zero-order valence-corrected chi connectivity index (χ0v) is 35.5. The van der Waals surface area contributed by atoms with Crippen LogP contribution < -0.4 is 0 Å². The standard InChI is InChI=1S/C61H41N3/c1-61(2)55-23-13-11-21-51(55)53-36-54-52-22-12-14-24-59(52)64(60(54)37-56(53)61)49-32-45(43-27-28-50(48(30-43)38-62)44-26-25-40-17-9-10-20-42(40)29-44)31-47(33-49)58-35-46(39-15-5-3-6-16-39)34-57(63-58)41-18-7-4-8-19-41/h3-37H,1-2H3. The summed E-state index contributed by atoms with van der Waals surface area (Å²) in [6.07, 6.45) is 0. The minimum atomic E-state index is -0.162. The summed E-state index contributed by atoms with van der Waals surface area (Å²) >= 11 is 0. The lowest BCUT2D eigenvalue weighted by Gasteiger charge is -2.22. The number of fused-ring (bicyclic) bond motifs is 7. The fraction of sp³-hybridized carbons (Fsp3) is 0.0492. The fourth-order valence-corrected chi connectivity index (χ4v) is 10.2. The Balaban J connectivity index is 1.11. The van der Waals surface area contributed by atoms with Gasteiger partial charge < -0.3 is 4.57 Å². The number of benzene rings is 9. The molecule has 0 radical (unpaired) electrons. The Hall–Kier alpha value is -8.32. The van der Waals surface area contributed by atoms with Crippen molar-refractivity contribution in [3.63, 3.8) is 0 Å². The van der Waals surface area contributed by atoms with Crippen LogP contribution in [0.1, 0.15) is 30.5 Å². The molecule has 1 aliphatic rings. The lowest BCUT2D eigenvalue weighted by atomic mass is 9.82. The minimum Gasteiger partial charge on any atom is -0.309 e. The topological polar surface area (TPSA) is 41.6 Å². The third-order valence-corrected chi connectivity index (χ3v) is 13.4. The van der Waals surface area contributed by atoms with Crippen molar-refractivity contribution in [1.82, 2.24) is 9.55 Å². The second kappa shape index (κ2) is 14.7.